The molecule has 0 saturated carbocycles. The van der Waals surface area contributed by atoms with Gasteiger partial charge in [-0.05, 0) is 100 Å². The Labute approximate surface area is 294 Å². The molecule has 0 atom stereocenters. The lowest BCUT2D eigenvalue weighted by Crippen LogP contribution is -2.12. The number of pyridine rings is 1. The fraction of sp³-hybridized carbons (Fsp3) is 0.200. The van der Waals surface area contributed by atoms with Crippen LogP contribution in [-0.2, 0) is 10.8 Å². The monoisotopic (exact) mass is 659 g/mol. The van der Waals surface area contributed by atoms with E-state index in [4.69, 9.17) is 9.97 Å². The highest BCUT2D eigenvalue weighted by Crippen LogP contribution is 2.42. The summed E-state index contributed by atoms with van der Waals surface area (Å²) in [4.78, 5) is 10.0. The molecule has 7 rings (SSSR count). The number of nitrogens with zero attached hydrogens (tertiary/aromatic N) is 3. The number of para-hydroxylation sites is 1. The third kappa shape index (κ3) is 6.20. The second-order valence-corrected chi connectivity index (χ2v) is 15.2. The Bertz CT molecular complexity index is 2380. The van der Waals surface area contributed by atoms with Gasteiger partial charge in [0.15, 0.2) is 0 Å². The minimum absolute atomic E-state index is 0.0772. The molecule has 50 heavy (non-hydrogen) atoms. The van der Waals surface area contributed by atoms with Crippen molar-refractivity contribution in [3.63, 3.8) is 0 Å². The van der Waals surface area contributed by atoms with E-state index in [1.807, 2.05) is 30.5 Å². The molecule has 0 bridgehead atoms. The predicted octanol–water partition coefficient (Wildman–Crippen LogP) is 11.8. The predicted molar refractivity (Wildman–Crippen MR) is 204 cm³/mol. The Hall–Kier alpha value is -5.55. The Kier molecular flexibility index (Phi) is 8.18. The lowest BCUT2D eigenvalue weighted by molar-refractivity contribution is 0.470. The SMILES string of the molecule is Cc1ccnc(-c2cc(-c3cccc4c3nc(-c3ccc(F)cc3O)n4-c3ccc(C(C)(C)C)cc3-c3ccccc3)cc(C(C)(C)C)c2)c1. The van der Waals surface area contributed by atoms with Gasteiger partial charge in [0.25, 0.3) is 0 Å². The molecule has 7 aromatic rings. The summed E-state index contributed by atoms with van der Waals surface area (Å²) in [5.41, 5.74) is 12.4. The van der Waals surface area contributed by atoms with Crippen molar-refractivity contribution in [3.05, 3.63) is 144 Å². The molecule has 2 aromatic heterocycles. The van der Waals surface area contributed by atoms with Crippen molar-refractivity contribution < 1.29 is 9.50 Å². The molecule has 4 nitrogen and oxygen atoms in total. The molecule has 0 aliphatic rings. The van der Waals surface area contributed by atoms with Gasteiger partial charge in [-0.15, -0.1) is 0 Å². The molecular weight excluding hydrogens is 618 g/mol. The standard InChI is InChI=1S/C45H42FN3O/c1-28-20-21-47-38(22-28)31-23-30(24-33(25-31)45(5,6)7)35-14-11-15-40-42(35)48-43(36-18-17-34(46)27-41(36)50)49(40)39-19-16-32(44(2,3)4)26-37(39)29-12-9-8-10-13-29/h8-27,50H,1-7H3. The molecule has 0 amide bonds. The van der Waals surface area contributed by atoms with Gasteiger partial charge in [0, 0.05) is 29.0 Å². The summed E-state index contributed by atoms with van der Waals surface area (Å²) in [5, 5.41) is 11.2. The van der Waals surface area contributed by atoms with Crippen LogP contribution in [0.4, 0.5) is 4.39 Å². The van der Waals surface area contributed by atoms with E-state index in [0.29, 0.717) is 11.4 Å². The first-order valence-electron chi connectivity index (χ1n) is 17.1. The van der Waals surface area contributed by atoms with Gasteiger partial charge in [-0.2, -0.15) is 0 Å². The van der Waals surface area contributed by atoms with Crippen molar-refractivity contribution in [2.24, 2.45) is 0 Å². The highest BCUT2D eigenvalue weighted by Gasteiger charge is 2.25. The number of phenols is 1. The normalized spacial score (nSPS) is 12.1. The maximum absolute atomic E-state index is 14.4. The van der Waals surface area contributed by atoms with Crippen molar-refractivity contribution in [2.75, 3.05) is 0 Å². The number of aromatic hydroxyl groups is 1. The van der Waals surface area contributed by atoms with E-state index in [9.17, 15) is 9.50 Å². The highest BCUT2D eigenvalue weighted by atomic mass is 19.1. The van der Waals surface area contributed by atoms with Crippen LogP contribution in [-0.4, -0.2) is 19.6 Å². The quantitative estimate of drug-likeness (QED) is 0.200. The fourth-order valence-corrected chi connectivity index (χ4v) is 6.56. The van der Waals surface area contributed by atoms with Crippen molar-refractivity contribution >= 4 is 11.0 Å². The third-order valence-corrected chi connectivity index (χ3v) is 9.40. The molecule has 0 unspecified atom stereocenters. The zero-order valence-electron chi connectivity index (χ0n) is 29.7. The smallest absolute Gasteiger partial charge is 0.149 e. The average Bonchev–Trinajstić information content (AvgIpc) is 3.46. The van der Waals surface area contributed by atoms with Gasteiger partial charge < -0.3 is 5.11 Å². The lowest BCUT2D eigenvalue weighted by Gasteiger charge is -2.23. The molecule has 0 aliphatic carbocycles. The molecule has 5 aromatic carbocycles. The topological polar surface area (TPSA) is 50.9 Å². The summed E-state index contributed by atoms with van der Waals surface area (Å²) in [5.74, 6) is -0.151. The Morgan fingerprint density at radius 3 is 2.06 bits per heavy atom. The van der Waals surface area contributed by atoms with Crippen LogP contribution < -0.4 is 0 Å². The molecule has 2 heterocycles. The number of hydrogen-bond donors (Lipinski definition) is 1. The van der Waals surface area contributed by atoms with Gasteiger partial charge in [0.2, 0.25) is 0 Å². The van der Waals surface area contributed by atoms with Gasteiger partial charge in [0.1, 0.15) is 17.4 Å². The summed E-state index contributed by atoms with van der Waals surface area (Å²) < 4.78 is 16.5. The number of fused-ring (bicyclic) bond motifs is 1. The number of imidazole rings is 1. The van der Waals surface area contributed by atoms with Crippen LogP contribution in [0.3, 0.4) is 0 Å². The first-order chi connectivity index (χ1) is 23.8. The maximum Gasteiger partial charge on any atom is 0.149 e. The first-order valence-corrected chi connectivity index (χ1v) is 17.1. The zero-order valence-corrected chi connectivity index (χ0v) is 29.7. The van der Waals surface area contributed by atoms with Crippen LogP contribution in [0, 0.1) is 12.7 Å². The molecule has 250 valence electrons. The van der Waals surface area contributed by atoms with Crippen molar-refractivity contribution in [1.82, 2.24) is 14.5 Å². The number of hydrogen-bond acceptors (Lipinski definition) is 3. The molecule has 0 spiro atoms. The number of aryl methyl sites for hydroxylation is 1. The minimum atomic E-state index is -0.509. The molecular formula is C45H42FN3O. The zero-order chi connectivity index (χ0) is 35.4. The molecule has 0 radical (unpaired) electrons. The van der Waals surface area contributed by atoms with E-state index < -0.39 is 5.82 Å². The molecule has 0 fully saturated rings. The van der Waals surface area contributed by atoms with Crippen LogP contribution in [0.5, 0.6) is 5.75 Å². The Morgan fingerprint density at radius 1 is 0.620 bits per heavy atom. The van der Waals surface area contributed by atoms with E-state index >= 15 is 0 Å². The Balaban J connectivity index is 1.56. The Morgan fingerprint density at radius 2 is 1.36 bits per heavy atom. The first kappa shape index (κ1) is 33.0. The fourth-order valence-electron chi connectivity index (χ4n) is 6.56. The number of halogens is 1. The molecule has 0 saturated heterocycles. The van der Waals surface area contributed by atoms with E-state index in [2.05, 4.69) is 126 Å². The van der Waals surface area contributed by atoms with Crippen LogP contribution in [0.15, 0.2) is 121 Å². The van der Waals surface area contributed by atoms with Crippen LogP contribution in [0.2, 0.25) is 0 Å². The van der Waals surface area contributed by atoms with Crippen molar-refractivity contribution in [3.8, 4) is 56.3 Å². The van der Waals surface area contributed by atoms with Gasteiger partial charge >= 0.3 is 0 Å². The summed E-state index contributed by atoms with van der Waals surface area (Å²) in [6.45, 7) is 15.4. The highest BCUT2D eigenvalue weighted by molar-refractivity contribution is 5.97. The van der Waals surface area contributed by atoms with E-state index in [1.54, 1.807) is 6.07 Å². The minimum Gasteiger partial charge on any atom is -0.507 e. The second-order valence-electron chi connectivity index (χ2n) is 15.2. The number of phenolic OH excluding ortho intramolecular Hbond substituents is 1. The van der Waals surface area contributed by atoms with Gasteiger partial charge in [-0.25, -0.2) is 9.37 Å². The molecule has 0 aliphatic heterocycles. The van der Waals surface area contributed by atoms with Crippen molar-refractivity contribution in [2.45, 2.75) is 59.3 Å². The van der Waals surface area contributed by atoms with E-state index in [1.165, 1.54) is 17.2 Å². The number of rotatable bonds is 5. The van der Waals surface area contributed by atoms with E-state index in [-0.39, 0.29) is 16.6 Å². The average molecular weight is 660 g/mol. The molecule has 5 heteroatoms. The maximum atomic E-state index is 14.4. The van der Waals surface area contributed by atoms with Crippen molar-refractivity contribution in [1.29, 1.82) is 0 Å². The van der Waals surface area contributed by atoms with Crippen LogP contribution in [0.25, 0.3) is 61.6 Å². The van der Waals surface area contributed by atoms with E-state index in [0.717, 1.165) is 61.9 Å². The largest absolute Gasteiger partial charge is 0.507 e. The lowest BCUT2D eigenvalue weighted by atomic mass is 9.83. The van der Waals surface area contributed by atoms with Gasteiger partial charge in [-0.1, -0.05) is 96.1 Å². The van der Waals surface area contributed by atoms with Gasteiger partial charge in [0.05, 0.1) is 28.0 Å². The van der Waals surface area contributed by atoms with Gasteiger partial charge in [-0.3, -0.25) is 9.55 Å². The molecule has 1 N–H and O–H groups in total. The number of benzene rings is 5. The van der Waals surface area contributed by atoms with Crippen LogP contribution in [0.1, 0.15) is 58.2 Å². The van der Waals surface area contributed by atoms with Crippen LogP contribution >= 0.6 is 0 Å². The summed E-state index contributed by atoms with van der Waals surface area (Å²) in [7, 11) is 0. The number of aromatic nitrogens is 3. The summed E-state index contributed by atoms with van der Waals surface area (Å²) >= 11 is 0. The third-order valence-electron chi connectivity index (χ3n) is 9.40. The summed E-state index contributed by atoms with van der Waals surface area (Å²) in [6, 6.07) is 38.0. The second kappa shape index (κ2) is 12.4. The summed E-state index contributed by atoms with van der Waals surface area (Å²) in [6.07, 6.45) is 1.85.